The van der Waals surface area contributed by atoms with Crippen molar-refractivity contribution < 1.29 is 32.6 Å². The fourth-order valence-electron chi connectivity index (χ4n) is 5.97. The Hall–Kier alpha value is -2.87. The highest BCUT2D eigenvalue weighted by molar-refractivity contribution is 6.02. The second-order valence-corrected chi connectivity index (χ2v) is 13.5. The summed E-state index contributed by atoms with van der Waals surface area (Å²) in [4.78, 5) is 23.3. The number of carboxylic acid groups (broad SMARTS) is 1. The van der Waals surface area contributed by atoms with Gasteiger partial charge >= 0.3 is 18.1 Å². The predicted molar refractivity (Wildman–Crippen MR) is 195 cm³/mol. The summed E-state index contributed by atoms with van der Waals surface area (Å²) >= 11 is 0. The summed E-state index contributed by atoms with van der Waals surface area (Å²) in [5.41, 5.74) is 4.17. The normalized spacial score (nSPS) is 12.6. The number of alkyl halides is 3. The molecule has 0 saturated carbocycles. The molecule has 0 spiro atoms. The van der Waals surface area contributed by atoms with Gasteiger partial charge in [0, 0.05) is 11.6 Å². The highest BCUT2D eigenvalue weighted by Gasteiger charge is 2.35. The number of halogens is 3. The molecule has 0 amide bonds. The van der Waals surface area contributed by atoms with Crippen LogP contribution >= 0.6 is 0 Å². The summed E-state index contributed by atoms with van der Waals surface area (Å²) in [6.07, 6.45) is 24.5. The van der Waals surface area contributed by atoms with Gasteiger partial charge in [-0.15, -0.1) is 0 Å². The van der Waals surface area contributed by atoms with Crippen molar-refractivity contribution >= 4 is 11.9 Å². The van der Waals surface area contributed by atoms with Gasteiger partial charge in [-0.25, -0.2) is 9.59 Å². The standard InChI is InChI=1S/C24H51N.C17H13F3O4/c1-3-4-5-6-7-8-9-10-11-12-13-14-15-16-17-18-19-20-21-22-23-24(2)25;1-10(11-6-4-5-9-14(11)17(18,19)20)24-16(23)13-8-3-2-7-12(13)15(21)22/h24H,3-23,25H2,1-2H3;2-10H,1H3,(H,21,22)/t24-;10-/m00/s1. The van der Waals surface area contributed by atoms with Gasteiger partial charge in [-0.1, -0.05) is 166 Å². The average molecular weight is 692 g/mol. The number of benzene rings is 2. The Bertz CT molecular complexity index is 1150. The van der Waals surface area contributed by atoms with E-state index < -0.39 is 29.8 Å². The first-order valence-electron chi connectivity index (χ1n) is 18.9. The van der Waals surface area contributed by atoms with Crippen LogP contribution in [0.3, 0.4) is 0 Å². The van der Waals surface area contributed by atoms with Crippen LogP contribution in [0.2, 0.25) is 0 Å². The van der Waals surface area contributed by atoms with Crippen molar-refractivity contribution in [2.24, 2.45) is 5.73 Å². The fraction of sp³-hybridized carbons (Fsp3) is 0.659. The minimum atomic E-state index is -4.59. The number of ether oxygens (including phenoxy) is 1. The Labute approximate surface area is 294 Å². The molecule has 0 bridgehead atoms. The highest BCUT2D eigenvalue weighted by atomic mass is 19.4. The quantitative estimate of drug-likeness (QED) is 0.0799. The SMILES string of the molecule is CCCCCCCCCCCCCCCCCCCCCC[C@H](C)N.C[C@H](OC(=O)c1ccccc1C(=O)O)c1ccccc1C(F)(F)F. The second-order valence-electron chi connectivity index (χ2n) is 13.5. The molecule has 49 heavy (non-hydrogen) atoms. The number of unbranched alkanes of at least 4 members (excludes halogenated alkanes) is 19. The molecule has 2 aromatic rings. The zero-order valence-corrected chi connectivity index (χ0v) is 30.5. The van der Waals surface area contributed by atoms with E-state index in [0.717, 1.165) is 6.07 Å². The molecule has 0 saturated heterocycles. The van der Waals surface area contributed by atoms with Gasteiger partial charge in [0.05, 0.1) is 16.7 Å². The van der Waals surface area contributed by atoms with Gasteiger partial charge in [0.2, 0.25) is 0 Å². The first kappa shape index (κ1) is 44.2. The second kappa shape index (κ2) is 26.9. The number of carbonyl (C=O) groups is 2. The number of nitrogens with two attached hydrogens (primary N) is 1. The number of carboxylic acids is 1. The van der Waals surface area contributed by atoms with E-state index in [-0.39, 0.29) is 16.7 Å². The van der Waals surface area contributed by atoms with E-state index in [1.807, 2.05) is 0 Å². The van der Waals surface area contributed by atoms with Crippen molar-refractivity contribution in [3.05, 3.63) is 70.8 Å². The van der Waals surface area contributed by atoms with E-state index in [4.69, 9.17) is 15.6 Å². The number of esters is 1. The maximum atomic E-state index is 13.0. The zero-order chi connectivity index (χ0) is 36.3. The molecule has 0 unspecified atom stereocenters. The molecular formula is C41H64F3NO4. The molecule has 0 aliphatic rings. The Balaban J connectivity index is 0.000000490. The summed E-state index contributed by atoms with van der Waals surface area (Å²) in [6, 6.07) is 10.5. The Morgan fingerprint density at radius 3 is 1.45 bits per heavy atom. The smallest absolute Gasteiger partial charge is 0.416 e. The maximum absolute atomic E-state index is 13.0. The summed E-state index contributed by atoms with van der Waals surface area (Å²) < 4.78 is 44.1. The van der Waals surface area contributed by atoms with Crippen LogP contribution < -0.4 is 5.73 Å². The molecule has 3 N–H and O–H groups in total. The van der Waals surface area contributed by atoms with Crippen LogP contribution in [-0.4, -0.2) is 23.1 Å². The number of aromatic carboxylic acids is 1. The van der Waals surface area contributed by atoms with Crippen molar-refractivity contribution in [2.75, 3.05) is 0 Å². The van der Waals surface area contributed by atoms with Crippen LogP contribution in [0.5, 0.6) is 0 Å². The molecule has 5 nitrogen and oxygen atoms in total. The molecule has 8 heteroatoms. The van der Waals surface area contributed by atoms with Gasteiger partial charge in [0.1, 0.15) is 6.10 Å². The van der Waals surface area contributed by atoms with Gasteiger partial charge in [-0.05, 0) is 38.5 Å². The minimum Gasteiger partial charge on any atom is -0.478 e. The monoisotopic (exact) mass is 691 g/mol. The molecule has 0 aromatic heterocycles. The highest BCUT2D eigenvalue weighted by Crippen LogP contribution is 2.35. The summed E-state index contributed by atoms with van der Waals surface area (Å²) in [6.45, 7) is 5.72. The van der Waals surface area contributed by atoms with Crippen LogP contribution in [0, 0.1) is 0 Å². The molecule has 0 fully saturated rings. The first-order valence-corrected chi connectivity index (χ1v) is 18.9. The van der Waals surface area contributed by atoms with Gasteiger partial charge in [-0.3, -0.25) is 0 Å². The molecular weight excluding hydrogens is 627 g/mol. The minimum absolute atomic E-state index is 0.203. The topological polar surface area (TPSA) is 89.6 Å². The molecule has 0 heterocycles. The number of carbonyl (C=O) groups excluding carboxylic acids is 1. The molecule has 2 atom stereocenters. The van der Waals surface area contributed by atoms with Crippen molar-refractivity contribution in [1.29, 1.82) is 0 Å². The van der Waals surface area contributed by atoms with Crippen LogP contribution in [0.15, 0.2) is 48.5 Å². The van der Waals surface area contributed by atoms with E-state index in [2.05, 4.69) is 13.8 Å². The van der Waals surface area contributed by atoms with Crippen molar-refractivity contribution in [3.8, 4) is 0 Å². The molecule has 2 aromatic carbocycles. The Morgan fingerprint density at radius 1 is 0.653 bits per heavy atom. The molecule has 2 rings (SSSR count). The number of hydrogen-bond donors (Lipinski definition) is 2. The van der Waals surface area contributed by atoms with Crippen molar-refractivity contribution in [3.63, 3.8) is 0 Å². The van der Waals surface area contributed by atoms with Gasteiger partial charge in [0.25, 0.3) is 0 Å². The predicted octanol–water partition coefficient (Wildman–Crippen LogP) is 12.9. The maximum Gasteiger partial charge on any atom is 0.416 e. The zero-order valence-electron chi connectivity index (χ0n) is 30.5. The molecule has 0 radical (unpaired) electrons. The van der Waals surface area contributed by atoms with Gasteiger partial charge in [0.15, 0.2) is 0 Å². The van der Waals surface area contributed by atoms with E-state index in [1.54, 1.807) is 0 Å². The summed E-state index contributed by atoms with van der Waals surface area (Å²) in [5.74, 6) is -2.33. The third-order valence-corrected chi connectivity index (χ3v) is 8.88. The lowest BCUT2D eigenvalue weighted by molar-refractivity contribution is -0.139. The number of rotatable bonds is 25. The lowest BCUT2D eigenvalue weighted by atomic mass is 10.0. The largest absolute Gasteiger partial charge is 0.478 e. The molecule has 0 aliphatic heterocycles. The van der Waals surface area contributed by atoms with E-state index in [9.17, 15) is 22.8 Å². The molecule has 278 valence electrons. The first-order chi connectivity index (χ1) is 23.5. The van der Waals surface area contributed by atoms with Gasteiger partial charge < -0.3 is 15.6 Å². The van der Waals surface area contributed by atoms with Crippen LogP contribution in [-0.2, 0) is 10.9 Å². The van der Waals surface area contributed by atoms with Crippen LogP contribution in [0.25, 0.3) is 0 Å². The van der Waals surface area contributed by atoms with E-state index in [1.165, 1.54) is 184 Å². The Morgan fingerprint density at radius 2 is 1.04 bits per heavy atom. The third-order valence-electron chi connectivity index (χ3n) is 8.88. The van der Waals surface area contributed by atoms with Gasteiger partial charge in [-0.2, -0.15) is 13.2 Å². The van der Waals surface area contributed by atoms with Crippen molar-refractivity contribution in [2.45, 2.75) is 174 Å². The summed E-state index contributed by atoms with van der Waals surface area (Å²) in [5, 5.41) is 9.06. The van der Waals surface area contributed by atoms with E-state index in [0.29, 0.717) is 6.04 Å². The summed E-state index contributed by atoms with van der Waals surface area (Å²) in [7, 11) is 0. The average Bonchev–Trinajstić information content (AvgIpc) is 3.07. The van der Waals surface area contributed by atoms with E-state index >= 15 is 0 Å². The third kappa shape index (κ3) is 21.1. The van der Waals surface area contributed by atoms with Crippen molar-refractivity contribution in [1.82, 2.24) is 0 Å². The van der Waals surface area contributed by atoms with Crippen LogP contribution in [0.4, 0.5) is 13.2 Å². The lowest BCUT2D eigenvalue weighted by Gasteiger charge is -2.19. The Kier molecular flexibility index (Phi) is 24.3. The van der Waals surface area contributed by atoms with Crippen LogP contribution in [0.1, 0.15) is 194 Å². The fourth-order valence-corrected chi connectivity index (χ4v) is 5.97. The number of hydrogen-bond acceptors (Lipinski definition) is 4. The lowest BCUT2D eigenvalue weighted by Crippen LogP contribution is -2.17. The molecule has 0 aliphatic carbocycles.